The number of methoxy groups -OCH3 is 2. The van der Waals surface area contributed by atoms with Gasteiger partial charge in [0.1, 0.15) is 17.5 Å². The van der Waals surface area contributed by atoms with E-state index in [4.69, 9.17) is 15.2 Å². The topological polar surface area (TPSA) is 73.6 Å². The molecule has 122 valence electrons. The van der Waals surface area contributed by atoms with E-state index in [-0.39, 0.29) is 5.91 Å². The first-order valence-corrected chi connectivity index (χ1v) is 7.36. The molecule has 1 atom stereocenters. The minimum atomic E-state index is -0.695. The Hall–Kier alpha value is -2.53. The standard InChI is InChI=1S/C18H22N2O3/c1-12-4-6-13(7-5-12)17(19)18(21)20-11-14-8-9-15(22-2)10-16(14)23-3/h4-10,17H,11,19H2,1-3H3,(H,20,21). The maximum atomic E-state index is 12.2. The molecule has 23 heavy (non-hydrogen) atoms. The van der Waals surface area contributed by atoms with Gasteiger partial charge in [0.25, 0.3) is 0 Å². The quantitative estimate of drug-likeness (QED) is 0.858. The summed E-state index contributed by atoms with van der Waals surface area (Å²) in [5.41, 5.74) is 8.78. The summed E-state index contributed by atoms with van der Waals surface area (Å²) in [5.74, 6) is 1.13. The molecular formula is C18H22N2O3. The summed E-state index contributed by atoms with van der Waals surface area (Å²) in [7, 11) is 3.18. The fourth-order valence-corrected chi connectivity index (χ4v) is 2.22. The van der Waals surface area contributed by atoms with Crippen molar-refractivity contribution in [3.05, 3.63) is 59.2 Å². The molecule has 0 aliphatic rings. The van der Waals surface area contributed by atoms with Crippen LogP contribution < -0.4 is 20.5 Å². The second-order valence-electron chi connectivity index (χ2n) is 5.28. The van der Waals surface area contributed by atoms with Crippen LogP contribution in [0.15, 0.2) is 42.5 Å². The largest absolute Gasteiger partial charge is 0.497 e. The second kappa shape index (κ2) is 7.65. The van der Waals surface area contributed by atoms with Crippen LogP contribution in [0.2, 0.25) is 0 Å². The highest BCUT2D eigenvalue weighted by Gasteiger charge is 2.16. The number of carbonyl (C=O) groups excluding carboxylic acids is 1. The summed E-state index contributed by atoms with van der Waals surface area (Å²) < 4.78 is 10.5. The molecule has 1 amide bonds. The smallest absolute Gasteiger partial charge is 0.241 e. The van der Waals surface area contributed by atoms with Crippen LogP contribution in [0.4, 0.5) is 0 Å². The Bertz CT molecular complexity index is 668. The first-order valence-electron chi connectivity index (χ1n) is 7.36. The maximum absolute atomic E-state index is 12.2. The Morgan fingerprint density at radius 2 is 1.83 bits per heavy atom. The van der Waals surface area contributed by atoms with Crippen molar-refractivity contribution in [1.29, 1.82) is 0 Å². The highest BCUT2D eigenvalue weighted by atomic mass is 16.5. The van der Waals surface area contributed by atoms with Gasteiger partial charge in [0, 0.05) is 18.2 Å². The molecule has 0 fully saturated rings. The van der Waals surface area contributed by atoms with Gasteiger partial charge in [-0.25, -0.2) is 0 Å². The third kappa shape index (κ3) is 4.23. The van der Waals surface area contributed by atoms with Gasteiger partial charge in [0.2, 0.25) is 5.91 Å². The molecule has 0 aliphatic heterocycles. The maximum Gasteiger partial charge on any atom is 0.241 e. The zero-order valence-corrected chi connectivity index (χ0v) is 13.6. The van der Waals surface area contributed by atoms with Gasteiger partial charge in [0.15, 0.2) is 0 Å². The van der Waals surface area contributed by atoms with Crippen molar-refractivity contribution in [1.82, 2.24) is 5.32 Å². The van der Waals surface area contributed by atoms with Crippen molar-refractivity contribution >= 4 is 5.91 Å². The van der Waals surface area contributed by atoms with Crippen molar-refractivity contribution < 1.29 is 14.3 Å². The molecular weight excluding hydrogens is 292 g/mol. The number of benzene rings is 2. The number of nitrogens with two attached hydrogens (primary N) is 1. The van der Waals surface area contributed by atoms with E-state index in [1.165, 1.54) is 0 Å². The molecule has 0 heterocycles. The Morgan fingerprint density at radius 1 is 1.13 bits per heavy atom. The summed E-state index contributed by atoms with van der Waals surface area (Å²) >= 11 is 0. The molecule has 2 aromatic rings. The SMILES string of the molecule is COc1ccc(CNC(=O)C(N)c2ccc(C)cc2)c(OC)c1. The van der Waals surface area contributed by atoms with Crippen LogP contribution in [0.3, 0.4) is 0 Å². The zero-order chi connectivity index (χ0) is 16.8. The summed E-state index contributed by atoms with van der Waals surface area (Å²) in [6, 6.07) is 12.4. The van der Waals surface area contributed by atoms with Gasteiger partial charge in [0.05, 0.1) is 14.2 Å². The molecule has 5 nitrogen and oxygen atoms in total. The lowest BCUT2D eigenvalue weighted by molar-refractivity contribution is -0.122. The van der Waals surface area contributed by atoms with E-state index in [0.717, 1.165) is 16.7 Å². The Balaban J connectivity index is 2.02. The highest BCUT2D eigenvalue weighted by Crippen LogP contribution is 2.24. The van der Waals surface area contributed by atoms with Crippen LogP contribution in [-0.2, 0) is 11.3 Å². The van der Waals surface area contributed by atoms with Gasteiger partial charge in [-0.2, -0.15) is 0 Å². The third-order valence-corrected chi connectivity index (χ3v) is 3.67. The molecule has 2 aromatic carbocycles. The van der Waals surface area contributed by atoms with E-state index in [2.05, 4.69) is 5.32 Å². The molecule has 1 unspecified atom stereocenters. The fourth-order valence-electron chi connectivity index (χ4n) is 2.22. The third-order valence-electron chi connectivity index (χ3n) is 3.67. The normalized spacial score (nSPS) is 11.7. The van der Waals surface area contributed by atoms with Crippen molar-refractivity contribution in [2.75, 3.05) is 14.2 Å². The summed E-state index contributed by atoms with van der Waals surface area (Å²) in [6.45, 7) is 2.33. The summed E-state index contributed by atoms with van der Waals surface area (Å²) in [5, 5.41) is 2.84. The Morgan fingerprint density at radius 3 is 2.43 bits per heavy atom. The van der Waals surface area contributed by atoms with E-state index in [9.17, 15) is 4.79 Å². The second-order valence-corrected chi connectivity index (χ2v) is 5.28. The van der Waals surface area contributed by atoms with Crippen molar-refractivity contribution in [2.45, 2.75) is 19.5 Å². The average Bonchev–Trinajstić information content (AvgIpc) is 2.59. The van der Waals surface area contributed by atoms with E-state index in [0.29, 0.717) is 18.0 Å². The van der Waals surface area contributed by atoms with Crippen molar-refractivity contribution in [3.8, 4) is 11.5 Å². The van der Waals surface area contributed by atoms with Gasteiger partial charge in [-0.3, -0.25) is 4.79 Å². The van der Waals surface area contributed by atoms with Crippen LogP contribution in [0, 0.1) is 6.92 Å². The Labute approximate surface area is 136 Å². The predicted molar refractivity (Wildman–Crippen MR) is 89.5 cm³/mol. The van der Waals surface area contributed by atoms with Gasteiger partial charge in [-0.15, -0.1) is 0 Å². The summed E-state index contributed by atoms with van der Waals surface area (Å²) in [6.07, 6.45) is 0. The lowest BCUT2D eigenvalue weighted by Crippen LogP contribution is -2.33. The molecule has 0 saturated carbocycles. The molecule has 0 bridgehead atoms. The molecule has 0 radical (unpaired) electrons. The highest BCUT2D eigenvalue weighted by molar-refractivity contribution is 5.83. The van der Waals surface area contributed by atoms with E-state index < -0.39 is 6.04 Å². The predicted octanol–water partition coefficient (Wildman–Crippen LogP) is 2.33. The number of nitrogens with one attached hydrogen (secondary N) is 1. The number of hydrogen-bond acceptors (Lipinski definition) is 4. The lowest BCUT2D eigenvalue weighted by atomic mass is 10.1. The monoisotopic (exact) mass is 314 g/mol. The van der Waals surface area contributed by atoms with Crippen LogP contribution >= 0.6 is 0 Å². The molecule has 3 N–H and O–H groups in total. The number of hydrogen-bond donors (Lipinski definition) is 2. The van der Waals surface area contributed by atoms with Crippen LogP contribution in [0.5, 0.6) is 11.5 Å². The number of amides is 1. The first kappa shape index (κ1) is 16.8. The number of ether oxygens (including phenoxy) is 2. The molecule has 2 rings (SSSR count). The zero-order valence-electron chi connectivity index (χ0n) is 13.6. The first-order chi connectivity index (χ1) is 11.0. The average molecular weight is 314 g/mol. The molecule has 0 spiro atoms. The van der Waals surface area contributed by atoms with E-state index in [1.807, 2.05) is 43.3 Å². The minimum absolute atomic E-state index is 0.230. The van der Waals surface area contributed by atoms with Gasteiger partial charge in [-0.05, 0) is 24.6 Å². The molecule has 0 saturated heterocycles. The van der Waals surface area contributed by atoms with E-state index >= 15 is 0 Å². The van der Waals surface area contributed by atoms with Gasteiger partial charge in [-0.1, -0.05) is 29.8 Å². The molecule has 0 aromatic heterocycles. The minimum Gasteiger partial charge on any atom is -0.497 e. The number of carbonyl (C=O) groups is 1. The fraction of sp³-hybridized carbons (Fsp3) is 0.278. The Kier molecular flexibility index (Phi) is 5.60. The van der Waals surface area contributed by atoms with Crippen molar-refractivity contribution in [2.24, 2.45) is 5.73 Å². The van der Waals surface area contributed by atoms with Gasteiger partial charge < -0.3 is 20.5 Å². The van der Waals surface area contributed by atoms with Crippen LogP contribution in [0.1, 0.15) is 22.7 Å². The number of rotatable bonds is 6. The van der Waals surface area contributed by atoms with Crippen LogP contribution in [-0.4, -0.2) is 20.1 Å². The van der Waals surface area contributed by atoms with Crippen molar-refractivity contribution in [3.63, 3.8) is 0 Å². The number of aryl methyl sites for hydroxylation is 1. The van der Waals surface area contributed by atoms with Crippen LogP contribution in [0.25, 0.3) is 0 Å². The summed E-state index contributed by atoms with van der Waals surface area (Å²) in [4.78, 5) is 12.2. The van der Waals surface area contributed by atoms with Gasteiger partial charge >= 0.3 is 0 Å². The molecule has 5 heteroatoms. The molecule has 0 aliphatic carbocycles. The van der Waals surface area contributed by atoms with E-state index in [1.54, 1.807) is 20.3 Å². The lowest BCUT2D eigenvalue weighted by Gasteiger charge is -2.15.